The third kappa shape index (κ3) is 3.81. The second-order valence-electron chi connectivity index (χ2n) is 5.74. The van der Waals surface area contributed by atoms with Gasteiger partial charge in [-0.15, -0.1) is 0 Å². The Kier molecular flexibility index (Phi) is 5.15. The molecule has 1 saturated heterocycles. The third-order valence-electron chi connectivity index (χ3n) is 3.85. The molecule has 1 amide bonds. The fourth-order valence-corrected chi connectivity index (χ4v) is 2.82. The summed E-state index contributed by atoms with van der Waals surface area (Å²) >= 11 is 0. The van der Waals surface area contributed by atoms with Gasteiger partial charge in [0.2, 0.25) is 5.91 Å². The van der Waals surface area contributed by atoms with Crippen molar-refractivity contribution in [3.8, 4) is 0 Å². The molecule has 0 saturated carbocycles. The lowest BCUT2D eigenvalue weighted by atomic mass is 10.2. The molecule has 20 heavy (non-hydrogen) atoms. The molecular formula is C16H25N3O. The van der Waals surface area contributed by atoms with E-state index in [0.717, 1.165) is 32.6 Å². The molecule has 2 atom stereocenters. The van der Waals surface area contributed by atoms with E-state index < -0.39 is 6.04 Å². The van der Waals surface area contributed by atoms with Crippen LogP contribution in [0.15, 0.2) is 30.3 Å². The molecule has 0 spiro atoms. The lowest BCUT2D eigenvalue weighted by molar-refractivity contribution is -0.134. The molecule has 1 aromatic carbocycles. The maximum absolute atomic E-state index is 12.1. The molecule has 1 fully saturated rings. The zero-order valence-electron chi connectivity index (χ0n) is 12.5. The Labute approximate surface area is 121 Å². The predicted molar refractivity (Wildman–Crippen MR) is 81.2 cm³/mol. The predicted octanol–water partition coefficient (Wildman–Crippen LogP) is 1.46. The summed E-state index contributed by atoms with van der Waals surface area (Å²) in [5, 5.41) is 0. The van der Waals surface area contributed by atoms with Gasteiger partial charge in [-0.25, -0.2) is 0 Å². The molecule has 0 aliphatic carbocycles. The highest BCUT2D eigenvalue weighted by Crippen LogP contribution is 2.14. The molecule has 1 heterocycles. The minimum Gasteiger partial charge on any atom is -0.337 e. The van der Waals surface area contributed by atoms with E-state index in [-0.39, 0.29) is 11.9 Å². The quantitative estimate of drug-likeness (QED) is 0.908. The van der Waals surface area contributed by atoms with Crippen LogP contribution in [0.4, 0.5) is 0 Å². The van der Waals surface area contributed by atoms with Gasteiger partial charge in [0, 0.05) is 32.2 Å². The monoisotopic (exact) mass is 275 g/mol. The van der Waals surface area contributed by atoms with Gasteiger partial charge >= 0.3 is 0 Å². The largest absolute Gasteiger partial charge is 0.337 e. The first-order valence-electron chi connectivity index (χ1n) is 7.40. The van der Waals surface area contributed by atoms with Crippen molar-refractivity contribution >= 4 is 5.91 Å². The van der Waals surface area contributed by atoms with Gasteiger partial charge in [0.25, 0.3) is 0 Å². The number of hydrogen-bond donors (Lipinski definition) is 1. The van der Waals surface area contributed by atoms with E-state index in [2.05, 4.69) is 36.1 Å². The molecule has 1 aromatic rings. The number of rotatable bonds is 3. The van der Waals surface area contributed by atoms with Crippen LogP contribution in [0, 0.1) is 0 Å². The van der Waals surface area contributed by atoms with Crippen LogP contribution >= 0.6 is 0 Å². The Balaban J connectivity index is 1.98. The van der Waals surface area contributed by atoms with Crippen molar-refractivity contribution in [2.45, 2.75) is 38.9 Å². The van der Waals surface area contributed by atoms with Crippen molar-refractivity contribution < 1.29 is 4.79 Å². The SMILES string of the molecule is C[C@H](N)C(=O)N1CCCN(Cc2ccccc2)C[C@@H]1C. The number of nitrogens with zero attached hydrogens (tertiary/aromatic N) is 2. The molecule has 0 aromatic heterocycles. The zero-order chi connectivity index (χ0) is 14.5. The van der Waals surface area contributed by atoms with Crippen molar-refractivity contribution in [2.24, 2.45) is 5.73 Å². The number of hydrogen-bond acceptors (Lipinski definition) is 3. The molecule has 0 radical (unpaired) electrons. The van der Waals surface area contributed by atoms with Crippen molar-refractivity contribution in [3.63, 3.8) is 0 Å². The van der Waals surface area contributed by atoms with Crippen LogP contribution in [-0.4, -0.2) is 47.4 Å². The van der Waals surface area contributed by atoms with Crippen molar-refractivity contribution in [2.75, 3.05) is 19.6 Å². The highest BCUT2D eigenvalue weighted by Gasteiger charge is 2.26. The smallest absolute Gasteiger partial charge is 0.239 e. The van der Waals surface area contributed by atoms with E-state index in [1.54, 1.807) is 6.92 Å². The zero-order valence-corrected chi connectivity index (χ0v) is 12.5. The van der Waals surface area contributed by atoms with E-state index in [4.69, 9.17) is 5.73 Å². The average molecular weight is 275 g/mol. The minimum atomic E-state index is -0.405. The van der Waals surface area contributed by atoms with Crippen LogP contribution in [0.1, 0.15) is 25.8 Å². The third-order valence-corrected chi connectivity index (χ3v) is 3.85. The molecule has 4 heteroatoms. The number of amides is 1. The summed E-state index contributed by atoms with van der Waals surface area (Å²) in [4.78, 5) is 16.5. The lowest BCUT2D eigenvalue weighted by Gasteiger charge is -2.30. The van der Waals surface area contributed by atoms with Crippen molar-refractivity contribution in [1.29, 1.82) is 0 Å². The summed E-state index contributed by atoms with van der Waals surface area (Å²) in [7, 11) is 0. The Morgan fingerprint density at radius 2 is 2.05 bits per heavy atom. The maximum Gasteiger partial charge on any atom is 0.239 e. The summed E-state index contributed by atoms with van der Waals surface area (Å²) in [5.41, 5.74) is 7.06. The van der Waals surface area contributed by atoms with E-state index in [0.29, 0.717) is 0 Å². The van der Waals surface area contributed by atoms with E-state index in [1.165, 1.54) is 5.56 Å². The molecule has 4 nitrogen and oxygen atoms in total. The normalized spacial score (nSPS) is 22.4. The van der Waals surface area contributed by atoms with Crippen LogP contribution in [0.5, 0.6) is 0 Å². The van der Waals surface area contributed by atoms with Crippen molar-refractivity contribution in [1.82, 2.24) is 9.80 Å². The van der Waals surface area contributed by atoms with Gasteiger partial charge in [-0.05, 0) is 25.8 Å². The van der Waals surface area contributed by atoms with E-state index in [1.807, 2.05) is 11.0 Å². The Bertz CT molecular complexity index is 433. The lowest BCUT2D eigenvalue weighted by Crippen LogP contribution is -2.48. The molecule has 2 rings (SSSR count). The molecule has 2 N–H and O–H groups in total. The van der Waals surface area contributed by atoms with Gasteiger partial charge < -0.3 is 10.6 Å². The standard InChI is InChI=1S/C16H25N3O/c1-13-11-18(12-15-7-4-3-5-8-15)9-6-10-19(13)16(20)14(2)17/h3-5,7-8,13-14H,6,9-12,17H2,1-2H3/t13-,14-/m0/s1. The fourth-order valence-electron chi connectivity index (χ4n) is 2.82. The second kappa shape index (κ2) is 6.86. The molecule has 1 aliphatic rings. The van der Waals surface area contributed by atoms with E-state index in [9.17, 15) is 4.79 Å². The molecule has 1 aliphatic heterocycles. The first-order chi connectivity index (χ1) is 9.58. The van der Waals surface area contributed by atoms with E-state index >= 15 is 0 Å². The Hall–Kier alpha value is -1.39. The summed E-state index contributed by atoms with van der Waals surface area (Å²) in [6.07, 6.45) is 1.01. The fraction of sp³-hybridized carbons (Fsp3) is 0.562. The highest BCUT2D eigenvalue weighted by atomic mass is 16.2. The first-order valence-corrected chi connectivity index (χ1v) is 7.40. The average Bonchev–Trinajstić information content (AvgIpc) is 2.60. The number of carbonyl (C=O) groups is 1. The van der Waals surface area contributed by atoms with Gasteiger partial charge in [-0.1, -0.05) is 30.3 Å². The summed E-state index contributed by atoms with van der Waals surface area (Å²) < 4.78 is 0. The van der Waals surface area contributed by atoms with Crippen LogP contribution in [0.2, 0.25) is 0 Å². The van der Waals surface area contributed by atoms with Crippen LogP contribution in [-0.2, 0) is 11.3 Å². The van der Waals surface area contributed by atoms with Crippen LogP contribution in [0.3, 0.4) is 0 Å². The summed E-state index contributed by atoms with van der Waals surface area (Å²) in [6, 6.07) is 10.3. The maximum atomic E-state index is 12.1. The molecule has 0 unspecified atom stereocenters. The summed E-state index contributed by atoms with van der Waals surface area (Å²) in [5.74, 6) is 0.0686. The molecule has 0 bridgehead atoms. The Morgan fingerprint density at radius 1 is 1.35 bits per heavy atom. The van der Waals surface area contributed by atoms with Crippen LogP contribution in [0.25, 0.3) is 0 Å². The summed E-state index contributed by atoms with van der Waals surface area (Å²) in [6.45, 7) is 7.58. The van der Waals surface area contributed by atoms with Crippen LogP contribution < -0.4 is 5.73 Å². The highest BCUT2D eigenvalue weighted by molar-refractivity contribution is 5.81. The van der Waals surface area contributed by atoms with Gasteiger partial charge in [0.1, 0.15) is 0 Å². The van der Waals surface area contributed by atoms with Gasteiger partial charge in [-0.2, -0.15) is 0 Å². The molecule has 110 valence electrons. The minimum absolute atomic E-state index is 0.0686. The second-order valence-corrected chi connectivity index (χ2v) is 5.74. The number of benzene rings is 1. The van der Waals surface area contributed by atoms with Gasteiger partial charge in [0.15, 0.2) is 0 Å². The van der Waals surface area contributed by atoms with Gasteiger partial charge in [-0.3, -0.25) is 9.69 Å². The first kappa shape index (κ1) is 15.0. The number of nitrogens with two attached hydrogens (primary N) is 1. The van der Waals surface area contributed by atoms with Gasteiger partial charge in [0.05, 0.1) is 6.04 Å². The van der Waals surface area contributed by atoms with Crippen molar-refractivity contribution in [3.05, 3.63) is 35.9 Å². The topological polar surface area (TPSA) is 49.6 Å². The number of carbonyl (C=O) groups excluding carboxylic acids is 1. The Morgan fingerprint density at radius 3 is 2.70 bits per heavy atom. The molecular weight excluding hydrogens is 250 g/mol.